The van der Waals surface area contributed by atoms with E-state index in [9.17, 15) is 14.7 Å². The lowest BCUT2D eigenvalue weighted by molar-refractivity contribution is -0.140. The van der Waals surface area contributed by atoms with Crippen LogP contribution in [0.3, 0.4) is 0 Å². The minimum atomic E-state index is -1.81. The molecule has 0 aliphatic carbocycles. The van der Waals surface area contributed by atoms with Crippen molar-refractivity contribution < 1.29 is 19.1 Å². The molecule has 3 rings (SSSR count). The molecule has 0 bridgehead atoms. The van der Waals surface area contributed by atoms with Gasteiger partial charge in [-0.15, -0.1) is 0 Å². The third-order valence-corrected chi connectivity index (χ3v) is 3.96. The number of furan rings is 1. The van der Waals surface area contributed by atoms with Gasteiger partial charge in [0.1, 0.15) is 5.76 Å². The van der Waals surface area contributed by atoms with Crippen molar-refractivity contribution in [1.29, 1.82) is 0 Å². The molecule has 1 aromatic heterocycles. The van der Waals surface area contributed by atoms with Crippen LogP contribution >= 0.6 is 0 Å². The van der Waals surface area contributed by atoms with Crippen molar-refractivity contribution in [3.8, 4) is 0 Å². The van der Waals surface area contributed by atoms with Gasteiger partial charge in [0.05, 0.1) is 18.4 Å². The Balaban J connectivity index is 1.86. The second kappa shape index (κ2) is 5.85. The first kappa shape index (κ1) is 15.2. The van der Waals surface area contributed by atoms with E-state index in [0.29, 0.717) is 23.6 Å². The van der Waals surface area contributed by atoms with Crippen LogP contribution < -0.4 is 4.90 Å². The molecule has 1 aliphatic heterocycles. The largest absolute Gasteiger partial charge is 0.465 e. The Kier molecular flexibility index (Phi) is 3.88. The SMILES string of the molecule is CCN1C(=O)[C@@](O)(CC(=O)/C=C/c2ccco2)c2ccccc21. The average Bonchev–Trinajstić information content (AvgIpc) is 3.13. The lowest BCUT2D eigenvalue weighted by Crippen LogP contribution is -2.41. The van der Waals surface area contributed by atoms with Crippen LogP contribution in [0.15, 0.2) is 53.2 Å². The Labute approximate surface area is 133 Å². The van der Waals surface area contributed by atoms with Crippen LogP contribution in [0.5, 0.6) is 0 Å². The second-order valence-corrected chi connectivity index (χ2v) is 5.42. The predicted molar refractivity (Wildman–Crippen MR) is 85.7 cm³/mol. The molecule has 1 aliphatic rings. The quantitative estimate of drug-likeness (QED) is 0.861. The molecule has 1 amide bonds. The number of amides is 1. The van der Waals surface area contributed by atoms with Crippen molar-refractivity contribution in [3.05, 3.63) is 60.1 Å². The molecule has 118 valence electrons. The number of fused-ring (bicyclic) bond motifs is 1. The summed E-state index contributed by atoms with van der Waals surface area (Å²) < 4.78 is 5.11. The minimum absolute atomic E-state index is 0.295. The van der Waals surface area contributed by atoms with Gasteiger partial charge < -0.3 is 14.4 Å². The van der Waals surface area contributed by atoms with E-state index in [1.165, 1.54) is 23.3 Å². The average molecular weight is 311 g/mol. The van der Waals surface area contributed by atoms with Gasteiger partial charge >= 0.3 is 0 Å². The Hall–Kier alpha value is -2.66. The molecule has 1 N–H and O–H groups in total. The fourth-order valence-corrected chi connectivity index (χ4v) is 2.86. The van der Waals surface area contributed by atoms with E-state index in [1.54, 1.807) is 36.4 Å². The number of carbonyl (C=O) groups excluding carboxylic acids is 2. The summed E-state index contributed by atoms with van der Waals surface area (Å²) in [4.78, 5) is 26.3. The topological polar surface area (TPSA) is 70.8 Å². The van der Waals surface area contributed by atoms with Crippen LogP contribution in [0.1, 0.15) is 24.7 Å². The maximum Gasteiger partial charge on any atom is 0.264 e. The predicted octanol–water partition coefficient (Wildman–Crippen LogP) is 2.51. The summed E-state index contributed by atoms with van der Waals surface area (Å²) in [7, 11) is 0. The first-order chi connectivity index (χ1) is 11.1. The number of aliphatic hydroxyl groups is 1. The number of nitrogens with zero attached hydrogens (tertiary/aromatic N) is 1. The van der Waals surface area contributed by atoms with Crippen molar-refractivity contribution in [2.24, 2.45) is 0 Å². The van der Waals surface area contributed by atoms with Crippen LogP contribution in [0.25, 0.3) is 6.08 Å². The third-order valence-electron chi connectivity index (χ3n) is 3.96. The van der Waals surface area contributed by atoms with Gasteiger partial charge in [-0.2, -0.15) is 0 Å². The summed E-state index contributed by atoms with van der Waals surface area (Å²) in [6, 6.07) is 10.4. The molecule has 5 heteroatoms. The van der Waals surface area contributed by atoms with E-state index in [1.807, 2.05) is 6.92 Å². The van der Waals surface area contributed by atoms with E-state index >= 15 is 0 Å². The third kappa shape index (κ3) is 2.59. The van der Waals surface area contributed by atoms with Gasteiger partial charge in [-0.05, 0) is 37.3 Å². The monoisotopic (exact) mass is 311 g/mol. The van der Waals surface area contributed by atoms with Crippen molar-refractivity contribution in [2.45, 2.75) is 18.9 Å². The number of anilines is 1. The lowest BCUT2D eigenvalue weighted by atomic mass is 9.90. The Morgan fingerprint density at radius 1 is 1.30 bits per heavy atom. The van der Waals surface area contributed by atoms with Crippen LogP contribution in [0.4, 0.5) is 5.69 Å². The smallest absolute Gasteiger partial charge is 0.264 e. The summed E-state index contributed by atoms with van der Waals surface area (Å²) in [5.41, 5.74) is -0.672. The van der Waals surface area contributed by atoms with Gasteiger partial charge in [-0.1, -0.05) is 18.2 Å². The highest BCUT2D eigenvalue weighted by Crippen LogP contribution is 2.42. The molecule has 5 nitrogen and oxygen atoms in total. The Morgan fingerprint density at radius 3 is 2.78 bits per heavy atom. The number of hydrogen-bond donors (Lipinski definition) is 1. The van der Waals surface area contributed by atoms with Crippen LogP contribution in [-0.2, 0) is 15.2 Å². The zero-order valence-corrected chi connectivity index (χ0v) is 12.7. The van der Waals surface area contributed by atoms with Gasteiger partial charge in [0, 0.05) is 12.1 Å². The molecule has 1 atom stereocenters. The van der Waals surface area contributed by atoms with Gasteiger partial charge in [0.2, 0.25) is 0 Å². The summed E-state index contributed by atoms with van der Waals surface area (Å²) in [5, 5.41) is 10.9. The highest BCUT2D eigenvalue weighted by atomic mass is 16.3. The lowest BCUT2D eigenvalue weighted by Gasteiger charge is -2.21. The highest BCUT2D eigenvalue weighted by Gasteiger charge is 2.49. The van der Waals surface area contributed by atoms with Crippen LogP contribution in [0, 0.1) is 0 Å². The molecular weight excluding hydrogens is 294 g/mol. The van der Waals surface area contributed by atoms with Gasteiger partial charge in [-0.3, -0.25) is 9.59 Å². The molecule has 0 spiro atoms. The molecule has 2 aromatic rings. The molecule has 0 unspecified atom stereocenters. The number of ketones is 1. The van der Waals surface area contributed by atoms with Gasteiger partial charge in [0.25, 0.3) is 5.91 Å². The Bertz CT molecular complexity index is 763. The van der Waals surface area contributed by atoms with Gasteiger partial charge in [0.15, 0.2) is 11.4 Å². The van der Waals surface area contributed by atoms with E-state index < -0.39 is 11.5 Å². The first-order valence-electron chi connectivity index (χ1n) is 7.44. The standard InChI is InChI=1S/C18H17NO4/c1-2-19-16-8-4-3-7-15(16)18(22,17(19)21)12-13(20)9-10-14-6-5-11-23-14/h3-11,22H,2,12H2,1H3/b10-9+/t18-/m1/s1. The van der Waals surface area contributed by atoms with Crippen molar-refractivity contribution >= 4 is 23.5 Å². The summed E-state index contributed by atoms with van der Waals surface area (Å²) >= 11 is 0. The number of para-hydroxylation sites is 1. The number of benzene rings is 1. The van der Waals surface area contributed by atoms with Crippen molar-refractivity contribution in [3.63, 3.8) is 0 Å². The number of carbonyl (C=O) groups is 2. The maximum absolute atomic E-state index is 12.6. The van der Waals surface area contributed by atoms with E-state index in [4.69, 9.17) is 4.42 Å². The van der Waals surface area contributed by atoms with E-state index in [-0.39, 0.29) is 12.2 Å². The first-order valence-corrected chi connectivity index (χ1v) is 7.44. The highest BCUT2D eigenvalue weighted by molar-refractivity contribution is 6.10. The van der Waals surface area contributed by atoms with E-state index in [2.05, 4.69) is 0 Å². The van der Waals surface area contributed by atoms with Crippen molar-refractivity contribution in [2.75, 3.05) is 11.4 Å². The maximum atomic E-state index is 12.6. The summed E-state index contributed by atoms with van der Waals surface area (Å²) in [6.07, 6.45) is 4.06. The summed E-state index contributed by atoms with van der Waals surface area (Å²) in [6.45, 7) is 2.27. The number of likely N-dealkylation sites (N-methyl/N-ethyl adjacent to an activating group) is 1. The second-order valence-electron chi connectivity index (χ2n) is 5.42. The fraction of sp³-hybridized carbons (Fsp3) is 0.222. The molecule has 0 saturated carbocycles. The molecule has 23 heavy (non-hydrogen) atoms. The molecule has 0 radical (unpaired) electrons. The van der Waals surface area contributed by atoms with Crippen molar-refractivity contribution in [1.82, 2.24) is 0 Å². The van der Waals surface area contributed by atoms with Crippen LogP contribution in [-0.4, -0.2) is 23.3 Å². The zero-order valence-electron chi connectivity index (χ0n) is 12.7. The molecular formula is C18H17NO4. The number of hydrogen-bond acceptors (Lipinski definition) is 4. The van der Waals surface area contributed by atoms with Gasteiger partial charge in [-0.25, -0.2) is 0 Å². The molecule has 0 saturated heterocycles. The fourth-order valence-electron chi connectivity index (χ4n) is 2.86. The number of rotatable bonds is 5. The normalized spacial score (nSPS) is 20.3. The molecule has 1 aromatic carbocycles. The summed E-state index contributed by atoms with van der Waals surface area (Å²) in [5.74, 6) is -0.260. The number of allylic oxidation sites excluding steroid dienone is 1. The molecule has 2 heterocycles. The van der Waals surface area contributed by atoms with E-state index in [0.717, 1.165) is 0 Å². The molecule has 0 fully saturated rings. The Morgan fingerprint density at radius 2 is 2.09 bits per heavy atom. The minimum Gasteiger partial charge on any atom is -0.465 e. The van der Waals surface area contributed by atoms with Crippen LogP contribution in [0.2, 0.25) is 0 Å². The zero-order chi connectivity index (χ0) is 16.4.